The Labute approximate surface area is 486 Å². The first-order chi connectivity index (χ1) is 41.0. The lowest BCUT2D eigenvalue weighted by Crippen LogP contribution is -2.18. The molecule has 0 saturated carbocycles. The second-order valence-corrected chi connectivity index (χ2v) is 19.3. The van der Waals surface area contributed by atoms with Crippen molar-refractivity contribution in [3.63, 3.8) is 0 Å². The van der Waals surface area contributed by atoms with Crippen LogP contribution in [-0.2, 0) is 10.1 Å². The van der Waals surface area contributed by atoms with E-state index in [2.05, 4.69) is 10.6 Å². The molecule has 16 nitrogen and oxygen atoms in total. The molecule has 0 aliphatic heterocycles. The summed E-state index contributed by atoms with van der Waals surface area (Å²) in [6.45, 7) is 2.28. The van der Waals surface area contributed by atoms with Crippen LogP contribution in [0.25, 0.3) is 33.4 Å². The minimum Gasteiger partial charge on any atom is -0.497 e. The first-order valence-corrected chi connectivity index (χ1v) is 26.6. The van der Waals surface area contributed by atoms with Crippen LogP contribution in [0.1, 0.15) is 58.7 Å². The van der Waals surface area contributed by atoms with Gasteiger partial charge in [-0.3, -0.25) is 18.9 Å². The Morgan fingerprint density at radius 1 is 0.395 bits per heavy atom. The zero-order chi connectivity index (χ0) is 62.4. The maximum Gasteiger partial charge on any atom is 0.336 e. The van der Waals surface area contributed by atoms with Crippen molar-refractivity contribution in [2.24, 2.45) is 0 Å². The number of benzene rings is 9. The number of amides is 3. The Balaban J connectivity index is 0.000000185. The number of hydrogen-bond acceptors (Lipinski definition) is 10. The van der Waals surface area contributed by atoms with E-state index in [4.69, 9.17) is 19.3 Å². The molecule has 0 aliphatic rings. The summed E-state index contributed by atoms with van der Waals surface area (Å²) in [6.07, 6.45) is 0. The van der Waals surface area contributed by atoms with Crippen LogP contribution < -0.4 is 30.2 Å². The molecule has 0 bridgehead atoms. The number of carbonyl (C=O) groups is 5. The standard InChI is InChI=1S/C22H17F2NO4.C21H15F2NO4.C20H15F2NO5S/c1-2-29-15-7-5-6-13(10-15)14-11-18(23)20(19(24)12-14)25-21(26)16-8-3-4-9-17(16)22(27)28;1-28-14-6-4-5-12(9-14)13-10-17(22)19(18(23)11-13)24-20(25)15-7-2-3-8-16(15)21(26)27;1-28-14-6-4-5-12(9-14)13-10-16(21)19(17(22)11-13)23-20(24)15-7-2-3-8-18(15)29(25,26)27/h3-12H,2H2,1H3,(H,25,26)(H,27,28);2-11H,1H3,(H,24,25)(H,26,27);2-11H,1H3,(H,23,24)(H,25,26,27). The van der Waals surface area contributed by atoms with Crippen LogP contribution in [0.4, 0.5) is 43.4 Å². The van der Waals surface area contributed by atoms with Gasteiger partial charge in [0.2, 0.25) is 0 Å². The van der Waals surface area contributed by atoms with Crippen molar-refractivity contribution in [1.82, 2.24) is 0 Å². The quantitative estimate of drug-likeness (QED) is 0.0390. The molecule has 23 heteroatoms. The molecule has 0 aliphatic carbocycles. The van der Waals surface area contributed by atoms with E-state index in [1.165, 1.54) is 74.9 Å². The Hall–Kier alpha value is -10.8. The van der Waals surface area contributed by atoms with Crippen LogP contribution in [0.15, 0.2) is 187 Å². The van der Waals surface area contributed by atoms with Crippen molar-refractivity contribution < 1.29 is 87.7 Å². The number of rotatable bonds is 16. The zero-order valence-electron chi connectivity index (χ0n) is 45.1. The highest BCUT2D eigenvalue weighted by Crippen LogP contribution is 2.34. The lowest BCUT2D eigenvalue weighted by atomic mass is 10.0. The van der Waals surface area contributed by atoms with E-state index in [1.54, 1.807) is 72.8 Å². The van der Waals surface area contributed by atoms with Crippen molar-refractivity contribution in [2.75, 3.05) is 36.8 Å². The summed E-state index contributed by atoms with van der Waals surface area (Å²) < 4.78 is 135. The maximum absolute atomic E-state index is 14.6. The van der Waals surface area contributed by atoms with Gasteiger partial charge in [-0.15, -0.1) is 0 Å². The number of ether oxygens (including phenoxy) is 3. The molecule has 9 aromatic carbocycles. The molecule has 440 valence electrons. The minimum atomic E-state index is -4.70. The predicted octanol–water partition coefficient (Wildman–Crippen LogP) is 13.7. The van der Waals surface area contributed by atoms with Gasteiger partial charge < -0.3 is 40.4 Å². The van der Waals surface area contributed by atoms with Gasteiger partial charge in [0.05, 0.1) is 48.6 Å². The second-order valence-electron chi connectivity index (χ2n) is 17.9. The van der Waals surface area contributed by atoms with Crippen molar-refractivity contribution >= 4 is 56.8 Å². The van der Waals surface area contributed by atoms with Crippen molar-refractivity contribution in [3.8, 4) is 50.6 Å². The number of carboxylic acids is 2. The van der Waals surface area contributed by atoms with Gasteiger partial charge in [-0.25, -0.2) is 35.9 Å². The summed E-state index contributed by atoms with van der Waals surface area (Å²) in [5.74, 6) is -10.0. The molecule has 0 fully saturated rings. The Morgan fingerprint density at radius 3 is 1.00 bits per heavy atom. The zero-order valence-corrected chi connectivity index (χ0v) is 45.9. The highest BCUT2D eigenvalue weighted by Gasteiger charge is 2.25. The second kappa shape index (κ2) is 28.0. The van der Waals surface area contributed by atoms with Gasteiger partial charge in [-0.05, 0) is 149 Å². The number of anilines is 3. The minimum absolute atomic E-state index is 0.202. The first-order valence-electron chi connectivity index (χ1n) is 25.2. The van der Waals surface area contributed by atoms with Crippen LogP contribution in [0.3, 0.4) is 0 Å². The van der Waals surface area contributed by atoms with Gasteiger partial charge in [0.15, 0.2) is 0 Å². The molecule has 0 atom stereocenters. The molecule has 9 rings (SSSR count). The molecule has 3 amide bonds. The predicted molar refractivity (Wildman–Crippen MR) is 307 cm³/mol. The molecule has 6 N–H and O–H groups in total. The molecule has 0 saturated heterocycles. The number of aromatic carboxylic acids is 2. The largest absolute Gasteiger partial charge is 0.497 e. The van der Waals surface area contributed by atoms with Gasteiger partial charge >= 0.3 is 11.9 Å². The summed E-state index contributed by atoms with van der Waals surface area (Å²) in [4.78, 5) is 58.9. The van der Waals surface area contributed by atoms with Crippen LogP contribution in [-0.4, -0.2) is 73.7 Å². The third-order valence-corrected chi connectivity index (χ3v) is 13.3. The van der Waals surface area contributed by atoms with Crippen molar-refractivity contribution in [1.29, 1.82) is 0 Å². The molecule has 86 heavy (non-hydrogen) atoms. The number of carbonyl (C=O) groups excluding carboxylic acids is 3. The van der Waals surface area contributed by atoms with E-state index in [0.29, 0.717) is 40.5 Å². The monoisotopic (exact) mass is 1200 g/mol. The van der Waals surface area contributed by atoms with E-state index in [-0.39, 0.29) is 38.9 Å². The smallest absolute Gasteiger partial charge is 0.336 e. The van der Waals surface area contributed by atoms with E-state index in [0.717, 1.165) is 48.5 Å². The normalized spacial score (nSPS) is 10.7. The Kier molecular flexibility index (Phi) is 20.4. The molecule has 0 heterocycles. The fourth-order valence-corrected chi connectivity index (χ4v) is 8.96. The Morgan fingerprint density at radius 2 is 0.686 bits per heavy atom. The van der Waals surface area contributed by atoms with E-state index >= 15 is 0 Å². The number of halogens is 6. The molecule has 0 spiro atoms. The number of hydrogen-bond donors (Lipinski definition) is 6. The average Bonchev–Trinajstić information content (AvgIpc) is 2.01. The number of nitrogens with one attached hydrogen (secondary N) is 3. The number of carboxylic acid groups (broad SMARTS) is 2. The van der Waals surface area contributed by atoms with Crippen molar-refractivity contribution in [2.45, 2.75) is 11.8 Å². The van der Waals surface area contributed by atoms with Crippen LogP contribution >= 0.6 is 0 Å². The third-order valence-electron chi connectivity index (χ3n) is 12.3. The van der Waals surface area contributed by atoms with Gasteiger partial charge in [0.25, 0.3) is 27.8 Å². The van der Waals surface area contributed by atoms with E-state index in [9.17, 15) is 68.4 Å². The maximum atomic E-state index is 14.6. The summed E-state index contributed by atoms with van der Waals surface area (Å²) >= 11 is 0. The highest BCUT2D eigenvalue weighted by molar-refractivity contribution is 7.86. The summed E-state index contributed by atoms with van der Waals surface area (Å²) in [7, 11) is -1.76. The van der Waals surface area contributed by atoms with E-state index < -0.39 is 102 Å². The topological polar surface area (TPSA) is 244 Å². The Bertz CT molecular complexity index is 4120. The van der Waals surface area contributed by atoms with Gasteiger partial charge in [0.1, 0.15) is 74.1 Å². The number of methoxy groups -OCH3 is 2. The molecule has 0 radical (unpaired) electrons. The van der Waals surface area contributed by atoms with E-state index in [1.807, 2.05) is 12.2 Å². The fraction of sp³-hybridized carbons (Fsp3) is 0.0635. The SMILES string of the molecule is CCOc1cccc(-c2cc(F)c(NC(=O)c3ccccc3C(=O)O)c(F)c2)c1.COc1cccc(-c2cc(F)c(NC(=O)c3ccccc3C(=O)O)c(F)c2)c1.COc1cccc(-c2cc(F)c(NC(=O)c3ccccc3S(=O)(=O)O)c(F)c2)c1. The lowest BCUT2D eigenvalue weighted by Gasteiger charge is -2.12. The van der Waals surface area contributed by atoms with Gasteiger partial charge in [-0.2, -0.15) is 8.42 Å². The lowest BCUT2D eigenvalue weighted by molar-refractivity contribution is 0.0683. The summed E-state index contributed by atoms with van der Waals surface area (Å²) in [5, 5.41) is 24.6. The third kappa shape index (κ3) is 15.5. The van der Waals surface area contributed by atoms with Crippen LogP contribution in [0.2, 0.25) is 0 Å². The molecular formula is C63H47F6N3O13S. The molecule has 9 aromatic rings. The first kappa shape index (κ1) is 62.8. The average molecular weight is 1200 g/mol. The van der Waals surface area contributed by atoms with Crippen LogP contribution in [0.5, 0.6) is 17.2 Å². The molecule has 0 aromatic heterocycles. The molecular weight excluding hydrogens is 1150 g/mol. The fourth-order valence-electron chi connectivity index (χ4n) is 8.27. The molecule has 0 unspecified atom stereocenters. The summed E-state index contributed by atoms with van der Waals surface area (Å²) in [5.41, 5.74) is -1.12. The van der Waals surface area contributed by atoms with Gasteiger partial charge in [-0.1, -0.05) is 72.8 Å². The van der Waals surface area contributed by atoms with Gasteiger partial charge in [0, 0.05) is 0 Å². The van der Waals surface area contributed by atoms with Crippen molar-refractivity contribution in [3.05, 3.63) is 245 Å². The van der Waals surface area contributed by atoms with Crippen LogP contribution in [0, 0.1) is 34.9 Å². The summed E-state index contributed by atoms with van der Waals surface area (Å²) in [6, 6.07) is 42.0. The highest BCUT2D eigenvalue weighted by atomic mass is 32.2.